The molecule has 0 aromatic heterocycles. The van der Waals surface area contributed by atoms with Gasteiger partial charge in [0.25, 0.3) is 5.69 Å². The molecule has 2 rings (SSSR count). The van der Waals surface area contributed by atoms with Crippen LogP contribution in [-0.4, -0.2) is 48.5 Å². The molecule has 21 heavy (non-hydrogen) atoms. The van der Waals surface area contributed by atoms with Gasteiger partial charge in [0.05, 0.1) is 17.2 Å². The first-order valence-electron chi connectivity index (χ1n) is 6.73. The van der Waals surface area contributed by atoms with Crippen LogP contribution >= 0.6 is 15.9 Å². The molecule has 0 spiro atoms. The zero-order chi connectivity index (χ0) is 15.2. The normalized spacial score (nSPS) is 16.2. The molecule has 0 radical (unpaired) electrons. The van der Waals surface area contributed by atoms with E-state index < -0.39 is 4.92 Å². The molecular formula is C13H17BrN4O3. The largest absolute Gasteiger partial charge is 0.324 e. The van der Waals surface area contributed by atoms with Gasteiger partial charge in [0.1, 0.15) is 0 Å². The van der Waals surface area contributed by atoms with E-state index in [0.29, 0.717) is 16.7 Å². The predicted octanol–water partition coefficient (Wildman–Crippen LogP) is 1.59. The molecule has 0 aliphatic carbocycles. The lowest BCUT2D eigenvalue weighted by Gasteiger charge is -2.18. The van der Waals surface area contributed by atoms with Crippen LogP contribution in [0.3, 0.4) is 0 Å². The van der Waals surface area contributed by atoms with Gasteiger partial charge in [-0.05, 0) is 41.5 Å². The van der Waals surface area contributed by atoms with Crippen molar-refractivity contribution >= 4 is 33.2 Å². The van der Waals surface area contributed by atoms with Gasteiger partial charge in [-0.2, -0.15) is 0 Å². The standard InChI is InChI=1S/C13H17BrN4O3/c14-11-8-10(18(20)21)2-3-12(11)16-13(19)9-17-6-1-4-15-5-7-17/h2-3,8,15H,1,4-7,9H2,(H,16,19). The number of amides is 1. The summed E-state index contributed by atoms with van der Waals surface area (Å²) in [4.78, 5) is 24.3. The number of benzene rings is 1. The van der Waals surface area contributed by atoms with E-state index in [9.17, 15) is 14.9 Å². The number of carbonyl (C=O) groups excluding carboxylic acids is 1. The second-order valence-electron chi connectivity index (χ2n) is 4.85. The van der Waals surface area contributed by atoms with Crippen molar-refractivity contribution in [2.45, 2.75) is 6.42 Å². The lowest BCUT2D eigenvalue weighted by molar-refractivity contribution is -0.384. The molecule has 0 saturated carbocycles. The molecule has 1 fully saturated rings. The highest BCUT2D eigenvalue weighted by atomic mass is 79.9. The monoisotopic (exact) mass is 356 g/mol. The summed E-state index contributed by atoms with van der Waals surface area (Å²) in [7, 11) is 0. The summed E-state index contributed by atoms with van der Waals surface area (Å²) >= 11 is 3.24. The van der Waals surface area contributed by atoms with Gasteiger partial charge in [0.15, 0.2) is 0 Å². The molecule has 114 valence electrons. The van der Waals surface area contributed by atoms with Crippen LogP contribution in [0.2, 0.25) is 0 Å². The summed E-state index contributed by atoms with van der Waals surface area (Å²) in [5.41, 5.74) is 0.525. The fourth-order valence-electron chi connectivity index (χ4n) is 2.17. The number of nitrogens with one attached hydrogen (secondary N) is 2. The summed E-state index contributed by atoms with van der Waals surface area (Å²) in [5, 5.41) is 16.7. The molecule has 0 unspecified atom stereocenters. The average Bonchev–Trinajstić information content (AvgIpc) is 2.69. The van der Waals surface area contributed by atoms with E-state index in [4.69, 9.17) is 0 Å². The fourth-order valence-corrected chi connectivity index (χ4v) is 2.64. The lowest BCUT2D eigenvalue weighted by Crippen LogP contribution is -2.35. The third-order valence-corrected chi connectivity index (χ3v) is 3.89. The van der Waals surface area contributed by atoms with E-state index in [0.717, 1.165) is 32.6 Å². The molecule has 2 N–H and O–H groups in total. The Hall–Kier alpha value is -1.51. The number of hydrogen-bond donors (Lipinski definition) is 2. The van der Waals surface area contributed by atoms with Crippen molar-refractivity contribution in [3.8, 4) is 0 Å². The zero-order valence-electron chi connectivity index (χ0n) is 11.5. The molecule has 8 heteroatoms. The third kappa shape index (κ3) is 4.76. The van der Waals surface area contributed by atoms with Gasteiger partial charge in [-0.3, -0.25) is 19.8 Å². The van der Waals surface area contributed by atoms with Gasteiger partial charge in [0, 0.05) is 29.7 Å². The first-order chi connectivity index (χ1) is 10.1. The minimum atomic E-state index is -0.472. The van der Waals surface area contributed by atoms with E-state index >= 15 is 0 Å². The van der Waals surface area contributed by atoms with Crippen molar-refractivity contribution in [3.05, 3.63) is 32.8 Å². The molecule has 1 aromatic carbocycles. The Labute approximate surface area is 131 Å². The summed E-state index contributed by atoms with van der Waals surface area (Å²) in [5.74, 6) is -0.119. The maximum absolute atomic E-state index is 12.0. The van der Waals surface area contributed by atoms with Crippen molar-refractivity contribution in [3.63, 3.8) is 0 Å². The topological polar surface area (TPSA) is 87.5 Å². The smallest absolute Gasteiger partial charge is 0.270 e. The van der Waals surface area contributed by atoms with Crippen molar-refractivity contribution in [2.75, 3.05) is 38.0 Å². The van der Waals surface area contributed by atoms with Gasteiger partial charge >= 0.3 is 0 Å². The Morgan fingerprint density at radius 1 is 1.43 bits per heavy atom. The molecule has 7 nitrogen and oxygen atoms in total. The van der Waals surface area contributed by atoms with Crippen molar-refractivity contribution in [1.82, 2.24) is 10.2 Å². The van der Waals surface area contributed by atoms with E-state index in [1.165, 1.54) is 18.2 Å². The second kappa shape index (κ2) is 7.48. The van der Waals surface area contributed by atoms with Crippen molar-refractivity contribution in [1.29, 1.82) is 0 Å². The van der Waals surface area contributed by atoms with Crippen LogP contribution in [0, 0.1) is 10.1 Å². The van der Waals surface area contributed by atoms with Gasteiger partial charge in [-0.25, -0.2) is 0 Å². The van der Waals surface area contributed by atoms with E-state index in [2.05, 4.69) is 31.5 Å². The first kappa shape index (κ1) is 15.9. The summed E-state index contributed by atoms with van der Waals surface area (Å²) in [6.45, 7) is 3.92. The van der Waals surface area contributed by atoms with Gasteiger partial charge < -0.3 is 10.6 Å². The van der Waals surface area contributed by atoms with Crippen LogP contribution in [0.5, 0.6) is 0 Å². The molecular weight excluding hydrogens is 340 g/mol. The summed E-state index contributed by atoms with van der Waals surface area (Å²) < 4.78 is 0.502. The number of halogens is 1. The van der Waals surface area contributed by atoms with E-state index in [-0.39, 0.29) is 11.6 Å². The van der Waals surface area contributed by atoms with Gasteiger partial charge in [0.2, 0.25) is 5.91 Å². The molecule has 1 heterocycles. The first-order valence-corrected chi connectivity index (χ1v) is 7.52. The zero-order valence-corrected chi connectivity index (χ0v) is 13.1. The minimum absolute atomic E-state index is 0.0153. The summed E-state index contributed by atoms with van der Waals surface area (Å²) in [6, 6.07) is 4.28. The van der Waals surface area contributed by atoms with Crippen molar-refractivity contribution < 1.29 is 9.72 Å². The Balaban J connectivity index is 1.94. The SMILES string of the molecule is O=C(CN1CCCNCC1)Nc1ccc([N+](=O)[O-])cc1Br. The number of nitrogens with zero attached hydrogens (tertiary/aromatic N) is 2. The van der Waals surface area contributed by atoms with E-state index in [1.54, 1.807) is 0 Å². The van der Waals surface area contributed by atoms with Crippen LogP contribution in [0.25, 0.3) is 0 Å². The number of non-ortho nitro benzene ring substituents is 1. The number of rotatable bonds is 4. The van der Waals surface area contributed by atoms with Crippen LogP contribution in [-0.2, 0) is 4.79 Å². The summed E-state index contributed by atoms with van der Waals surface area (Å²) in [6.07, 6.45) is 1.02. The number of nitro benzene ring substituents is 1. The average molecular weight is 357 g/mol. The quantitative estimate of drug-likeness (QED) is 0.631. The maximum Gasteiger partial charge on any atom is 0.270 e. The highest BCUT2D eigenvalue weighted by Gasteiger charge is 2.15. The number of anilines is 1. The van der Waals surface area contributed by atoms with Gasteiger partial charge in [-0.15, -0.1) is 0 Å². The molecule has 1 saturated heterocycles. The highest BCUT2D eigenvalue weighted by molar-refractivity contribution is 9.10. The fraction of sp³-hybridized carbons (Fsp3) is 0.462. The number of nitro groups is 1. The van der Waals surface area contributed by atoms with Crippen LogP contribution in [0.1, 0.15) is 6.42 Å². The number of hydrogen-bond acceptors (Lipinski definition) is 5. The maximum atomic E-state index is 12.0. The van der Waals surface area contributed by atoms with E-state index in [1.807, 2.05) is 0 Å². The second-order valence-corrected chi connectivity index (χ2v) is 5.70. The van der Waals surface area contributed by atoms with Gasteiger partial charge in [-0.1, -0.05) is 0 Å². The number of carbonyl (C=O) groups is 1. The molecule has 1 amide bonds. The highest BCUT2D eigenvalue weighted by Crippen LogP contribution is 2.27. The Bertz CT molecular complexity index is 530. The Morgan fingerprint density at radius 2 is 2.24 bits per heavy atom. The lowest BCUT2D eigenvalue weighted by atomic mass is 10.3. The predicted molar refractivity (Wildman–Crippen MR) is 83.4 cm³/mol. The Kier molecular flexibility index (Phi) is 5.66. The molecule has 1 aliphatic rings. The molecule has 0 bridgehead atoms. The molecule has 1 aliphatic heterocycles. The third-order valence-electron chi connectivity index (χ3n) is 3.24. The van der Waals surface area contributed by atoms with Crippen LogP contribution in [0.15, 0.2) is 22.7 Å². The minimum Gasteiger partial charge on any atom is -0.324 e. The molecule has 1 aromatic rings. The Morgan fingerprint density at radius 3 is 2.95 bits per heavy atom. The van der Waals surface area contributed by atoms with Crippen LogP contribution < -0.4 is 10.6 Å². The molecule has 0 atom stereocenters. The van der Waals surface area contributed by atoms with Crippen LogP contribution in [0.4, 0.5) is 11.4 Å². The van der Waals surface area contributed by atoms with Crippen molar-refractivity contribution in [2.24, 2.45) is 0 Å².